The Morgan fingerprint density at radius 3 is 1.81 bits per heavy atom. The van der Waals surface area contributed by atoms with Gasteiger partial charge in [0.2, 0.25) is 0 Å². The number of hydrogen-bond acceptors (Lipinski definition) is 3. The molecule has 0 saturated heterocycles. The SMILES string of the molecule is CCC[CH2][Sn+]([CH2]CCC)[CH2]CCC.[S-]c1nc(-c2ccc(Cl)cc2)cs1. The Kier molecular flexibility index (Phi) is 14.1. The van der Waals surface area contributed by atoms with E-state index < -0.39 is 19.8 Å². The van der Waals surface area contributed by atoms with E-state index in [4.69, 9.17) is 24.2 Å². The number of benzene rings is 1. The molecule has 5 heteroatoms. The van der Waals surface area contributed by atoms with E-state index in [0.717, 1.165) is 16.3 Å². The van der Waals surface area contributed by atoms with Crippen LogP contribution in [0.4, 0.5) is 0 Å². The van der Waals surface area contributed by atoms with E-state index in [9.17, 15) is 0 Å². The van der Waals surface area contributed by atoms with Gasteiger partial charge in [-0.1, -0.05) is 29.1 Å². The van der Waals surface area contributed by atoms with Crippen molar-refractivity contribution in [2.75, 3.05) is 0 Å². The molecule has 1 aromatic carbocycles. The third-order valence-electron chi connectivity index (χ3n) is 4.27. The fourth-order valence-electron chi connectivity index (χ4n) is 2.67. The van der Waals surface area contributed by atoms with Crippen molar-refractivity contribution in [3.05, 3.63) is 34.7 Å². The predicted molar refractivity (Wildman–Crippen MR) is 123 cm³/mol. The van der Waals surface area contributed by atoms with E-state index in [1.807, 2.05) is 29.6 Å². The standard InChI is InChI=1S/C9H6ClNS2.3C4H9.Sn/c10-7-3-1-6(2-4-7)8-5-13-9(12)11-8;3*1-3-4-2;/h1-5H,(H,11,12);3*1,3-4H2,2H3;/q;;;;+1/p-1. The summed E-state index contributed by atoms with van der Waals surface area (Å²) in [5, 5.41) is 2.68. The zero-order chi connectivity index (χ0) is 19.2. The Hall–Kier alpha value is 0.159. The van der Waals surface area contributed by atoms with Crippen LogP contribution < -0.4 is 0 Å². The molecular weight excluding hydrogens is 485 g/mol. The van der Waals surface area contributed by atoms with Crippen LogP contribution in [0, 0.1) is 0 Å². The van der Waals surface area contributed by atoms with Gasteiger partial charge in [0.25, 0.3) is 0 Å². The van der Waals surface area contributed by atoms with Gasteiger partial charge in [0.05, 0.1) is 5.69 Å². The van der Waals surface area contributed by atoms with Gasteiger partial charge in [-0.2, -0.15) is 0 Å². The monoisotopic (exact) mass is 517 g/mol. The normalized spacial score (nSPS) is 10.3. The number of halogens is 1. The van der Waals surface area contributed by atoms with Gasteiger partial charge in [-0.3, -0.25) is 4.98 Å². The zero-order valence-electron chi connectivity index (χ0n) is 16.4. The van der Waals surface area contributed by atoms with Crippen LogP contribution in [0.3, 0.4) is 0 Å². The van der Waals surface area contributed by atoms with Crippen molar-refractivity contribution in [3.63, 3.8) is 0 Å². The summed E-state index contributed by atoms with van der Waals surface area (Å²) in [6, 6.07) is 7.57. The minimum Gasteiger partial charge on any atom is -0.408 e. The molecule has 0 bridgehead atoms. The smallest absolute Gasteiger partial charge is 0.0600 e. The maximum atomic E-state index is 5.77. The molecule has 0 atom stereocenters. The van der Waals surface area contributed by atoms with E-state index in [0.29, 0.717) is 4.34 Å². The number of unbranched alkanes of at least 4 members (excludes halogenated alkanes) is 3. The number of thiazole rings is 1. The Balaban J connectivity index is 0.000000260. The Morgan fingerprint density at radius 1 is 0.923 bits per heavy atom. The second kappa shape index (κ2) is 15.1. The first-order valence-electron chi connectivity index (χ1n) is 9.82. The third-order valence-corrected chi connectivity index (χ3v) is 14.6. The number of aromatic nitrogens is 1. The minimum atomic E-state index is -0.839. The molecule has 26 heavy (non-hydrogen) atoms. The first-order valence-corrected chi connectivity index (χ1v) is 17.5. The van der Waals surface area contributed by atoms with E-state index in [1.165, 1.54) is 49.9 Å². The third kappa shape index (κ3) is 10.5. The van der Waals surface area contributed by atoms with Crippen LogP contribution >= 0.6 is 22.9 Å². The molecule has 0 saturated carbocycles. The Bertz CT molecular complexity index is 567. The predicted octanol–water partition coefficient (Wildman–Crippen LogP) is 8.25. The molecule has 0 radical (unpaired) electrons. The molecule has 0 aliphatic rings. The van der Waals surface area contributed by atoms with Gasteiger partial charge in [0.1, 0.15) is 0 Å². The topological polar surface area (TPSA) is 12.9 Å². The second-order valence-electron chi connectivity index (χ2n) is 6.57. The summed E-state index contributed by atoms with van der Waals surface area (Å²) < 4.78 is 5.71. The summed E-state index contributed by atoms with van der Waals surface area (Å²) >= 11 is 11.3. The van der Waals surface area contributed by atoms with Crippen LogP contribution in [-0.2, 0) is 12.6 Å². The van der Waals surface area contributed by atoms with Crippen LogP contribution in [0.1, 0.15) is 59.3 Å². The van der Waals surface area contributed by atoms with Crippen molar-refractivity contribution in [2.45, 2.75) is 76.9 Å². The number of hydrogen-bond donors (Lipinski definition) is 0. The average Bonchev–Trinajstić information content (AvgIpc) is 3.08. The molecule has 0 fully saturated rings. The molecular formula is C21H32ClNS2Sn. The van der Waals surface area contributed by atoms with Crippen molar-refractivity contribution in [2.24, 2.45) is 0 Å². The molecule has 1 aromatic heterocycles. The van der Waals surface area contributed by atoms with Crippen LogP contribution in [0.2, 0.25) is 18.3 Å². The van der Waals surface area contributed by atoms with Crippen molar-refractivity contribution < 1.29 is 0 Å². The van der Waals surface area contributed by atoms with Gasteiger partial charge in [-0.15, -0.1) is 0 Å². The van der Waals surface area contributed by atoms with Gasteiger partial charge < -0.3 is 24.0 Å². The zero-order valence-corrected chi connectivity index (χ0v) is 21.6. The van der Waals surface area contributed by atoms with Crippen LogP contribution in [0.15, 0.2) is 34.0 Å². The van der Waals surface area contributed by atoms with E-state index in [2.05, 4.69) is 25.8 Å². The second-order valence-corrected chi connectivity index (χ2v) is 17.1. The molecule has 0 N–H and O–H groups in total. The van der Waals surface area contributed by atoms with Crippen LogP contribution in [-0.4, -0.2) is 24.7 Å². The van der Waals surface area contributed by atoms with Crippen LogP contribution in [0.25, 0.3) is 11.3 Å². The number of rotatable bonds is 10. The fraction of sp³-hybridized carbons (Fsp3) is 0.571. The van der Waals surface area contributed by atoms with Gasteiger partial charge in [-0.25, -0.2) is 0 Å². The summed E-state index contributed by atoms with van der Waals surface area (Å²) in [7, 11) is 0. The molecule has 0 spiro atoms. The molecule has 0 aliphatic heterocycles. The maximum absolute atomic E-state index is 5.77. The molecule has 144 valence electrons. The van der Waals surface area contributed by atoms with E-state index in [-0.39, 0.29) is 0 Å². The fourth-order valence-corrected chi connectivity index (χ4v) is 13.0. The first-order chi connectivity index (χ1) is 12.6. The molecule has 0 amide bonds. The molecule has 2 aromatic rings. The van der Waals surface area contributed by atoms with Crippen molar-refractivity contribution in [1.82, 2.24) is 4.98 Å². The molecule has 2 rings (SSSR count). The van der Waals surface area contributed by atoms with E-state index in [1.54, 1.807) is 13.3 Å². The summed E-state index contributed by atoms with van der Waals surface area (Å²) in [6.07, 6.45) is 8.85. The first kappa shape index (κ1) is 24.2. The quantitative estimate of drug-likeness (QED) is 0.233. The van der Waals surface area contributed by atoms with Gasteiger partial charge in [0, 0.05) is 5.02 Å². The minimum absolute atomic E-state index is 0.671. The molecule has 1 nitrogen and oxygen atoms in total. The Labute approximate surface area is 182 Å². The van der Waals surface area contributed by atoms with Crippen molar-refractivity contribution >= 4 is 55.3 Å². The van der Waals surface area contributed by atoms with Crippen LogP contribution in [0.5, 0.6) is 0 Å². The average molecular weight is 517 g/mol. The van der Waals surface area contributed by atoms with Gasteiger partial charge >= 0.3 is 92.4 Å². The summed E-state index contributed by atoms with van der Waals surface area (Å²) in [6.45, 7) is 7.00. The molecule has 0 aliphatic carbocycles. The molecule has 1 heterocycles. The van der Waals surface area contributed by atoms with Crippen molar-refractivity contribution in [3.8, 4) is 11.3 Å². The summed E-state index contributed by atoms with van der Waals surface area (Å²) in [5.74, 6) is 0. The maximum Gasteiger partial charge on any atom is 0.0600 e. The van der Waals surface area contributed by atoms with E-state index >= 15 is 0 Å². The largest absolute Gasteiger partial charge is 0.408 e. The summed E-state index contributed by atoms with van der Waals surface area (Å²) in [5.41, 5.74) is 1.98. The summed E-state index contributed by atoms with van der Waals surface area (Å²) in [4.78, 5) is 4.20. The molecule has 0 unspecified atom stereocenters. The Morgan fingerprint density at radius 2 is 1.42 bits per heavy atom. The van der Waals surface area contributed by atoms with Gasteiger partial charge in [0.15, 0.2) is 0 Å². The van der Waals surface area contributed by atoms with Crippen molar-refractivity contribution in [1.29, 1.82) is 0 Å². The van der Waals surface area contributed by atoms with Gasteiger partial charge in [-0.05, 0) is 22.0 Å². The number of nitrogens with zero attached hydrogens (tertiary/aromatic N) is 1.